The second-order valence-corrected chi connectivity index (χ2v) is 6.87. The van der Waals surface area contributed by atoms with E-state index in [4.69, 9.17) is 14.9 Å². The number of nitro benzene ring substituents is 1. The Morgan fingerprint density at radius 1 is 1.20 bits per heavy atom. The smallest absolute Gasteiger partial charge is 0.270 e. The summed E-state index contributed by atoms with van der Waals surface area (Å²) < 4.78 is 11.4. The van der Waals surface area contributed by atoms with Crippen LogP contribution in [0.5, 0.6) is 5.75 Å². The minimum absolute atomic E-state index is 0.0962. The zero-order valence-corrected chi connectivity index (χ0v) is 16.8. The number of carbonyl (C=O) groups excluding carboxylic acids is 1. The lowest BCUT2D eigenvalue weighted by Gasteiger charge is -2.07. The summed E-state index contributed by atoms with van der Waals surface area (Å²) in [4.78, 5) is 24.0. The molecule has 0 saturated carbocycles. The summed E-state index contributed by atoms with van der Waals surface area (Å²) in [6.07, 6.45) is 2.63. The van der Waals surface area contributed by atoms with Gasteiger partial charge in [-0.15, -0.1) is 0 Å². The van der Waals surface area contributed by atoms with E-state index in [9.17, 15) is 14.9 Å². The molecule has 3 N–H and O–H groups in total. The number of ether oxygens (including phenoxy) is 1. The first kappa shape index (κ1) is 21.3. The topological polar surface area (TPSA) is 121 Å². The van der Waals surface area contributed by atoms with Gasteiger partial charge in [0.25, 0.3) is 5.69 Å². The van der Waals surface area contributed by atoms with Crippen LogP contribution < -0.4 is 15.8 Å². The van der Waals surface area contributed by atoms with Gasteiger partial charge in [-0.05, 0) is 49.7 Å². The Kier molecular flexibility index (Phi) is 7.03. The quantitative estimate of drug-likeness (QED) is 0.206. The number of ketones is 1. The first-order valence-corrected chi connectivity index (χ1v) is 9.97. The standard InChI is InChI=1S/C22H25N3O5/c1-2-3-12-24-22-20(18-14-16(25(27)28)7-10-19(18)30-22)21(26)15-5-8-17(9-6-15)29-13-4-11-23/h5-10,14,24H,2-4,11-13,23H2,1H3. The fourth-order valence-electron chi connectivity index (χ4n) is 3.05. The molecule has 2 aromatic carbocycles. The molecule has 0 fully saturated rings. The molecule has 3 aromatic rings. The molecule has 0 atom stereocenters. The number of carbonyl (C=O) groups is 1. The van der Waals surface area contributed by atoms with Gasteiger partial charge in [-0.2, -0.15) is 0 Å². The van der Waals surface area contributed by atoms with Crippen molar-refractivity contribution in [3.8, 4) is 5.75 Å². The summed E-state index contributed by atoms with van der Waals surface area (Å²) in [6, 6.07) is 11.0. The highest BCUT2D eigenvalue weighted by atomic mass is 16.6. The molecule has 8 heteroatoms. The van der Waals surface area contributed by atoms with Crippen LogP contribution in [-0.2, 0) is 0 Å². The third-order valence-electron chi connectivity index (χ3n) is 4.66. The molecule has 0 aliphatic heterocycles. The average Bonchev–Trinajstić information content (AvgIpc) is 3.11. The van der Waals surface area contributed by atoms with Gasteiger partial charge in [-0.25, -0.2) is 0 Å². The number of nitrogens with one attached hydrogen (secondary N) is 1. The lowest BCUT2D eigenvalue weighted by atomic mass is 10.0. The molecular formula is C22H25N3O5. The second kappa shape index (κ2) is 9.89. The average molecular weight is 411 g/mol. The third-order valence-corrected chi connectivity index (χ3v) is 4.66. The molecule has 158 valence electrons. The van der Waals surface area contributed by atoms with Gasteiger partial charge < -0.3 is 20.2 Å². The number of nitro groups is 1. The van der Waals surface area contributed by atoms with Crippen LogP contribution in [0.1, 0.15) is 42.1 Å². The van der Waals surface area contributed by atoms with Crippen molar-refractivity contribution < 1.29 is 18.9 Å². The fourth-order valence-corrected chi connectivity index (χ4v) is 3.05. The molecule has 0 aliphatic rings. The summed E-state index contributed by atoms with van der Waals surface area (Å²) in [5.41, 5.74) is 6.52. The van der Waals surface area contributed by atoms with Crippen molar-refractivity contribution in [1.29, 1.82) is 0 Å². The summed E-state index contributed by atoms with van der Waals surface area (Å²) in [7, 11) is 0. The monoisotopic (exact) mass is 411 g/mol. The number of benzene rings is 2. The van der Waals surface area contributed by atoms with Gasteiger partial charge in [0.1, 0.15) is 11.3 Å². The molecule has 0 saturated heterocycles. The lowest BCUT2D eigenvalue weighted by molar-refractivity contribution is -0.384. The number of hydrogen-bond acceptors (Lipinski definition) is 7. The van der Waals surface area contributed by atoms with Gasteiger partial charge in [-0.3, -0.25) is 14.9 Å². The zero-order valence-electron chi connectivity index (χ0n) is 16.8. The van der Waals surface area contributed by atoms with E-state index in [2.05, 4.69) is 12.2 Å². The summed E-state index contributed by atoms with van der Waals surface area (Å²) in [6.45, 7) is 3.74. The second-order valence-electron chi connectivity index (χ2n) is 6.87. The van der Waals surface area contributed by atoms with Crippen molar-refractivity contribution in [2.24, 2.45) is 5.73 Å². The predicted octanol–water partition coefficient (Wildman–Crippen LogP) is 4.51. The number of furan rings is 1. The van der Waals surface area contributed by atoms with E-state index in [0.717, 1.165) is 19.3 Å². The Bertz CT molecular complexity index is 1030. The number of anilines is 1. The number of rotatable bonds is 11. The van der Waals surface area contributed by atoms with E-state index >= 15 is 0 Å². The molecule has 30 heavy (non-hydrogen) atoms. The van der Waals surface area contributed by atoms with Gasteiger partial charge in [-0.1, -0.05) is 13.3 Å². The summed E-state index contributed by atoms with van der Waals surface area (Å²) in [5, 5.41) is 14.8. The number of nitrogens with zero attached hydrogens (tertiary/aromatic N) is 1. The molecule has 3 rings (SSSR count). The Labute approximate surface area is 174 Å². The van der Waals surface area contributed by atoms with Gasteiger partial charge >= 0.3 is 0 Å². The Morgan fingerprint density at radius 3 is 2.63 bits per heavy atom. The summed E-state index contributed by atoms with van der Waals surface area (Å²) in [5.74, 6) is 0.697. The van der Waals surface area contributed by atoms with Crippen LogP contribution >= 0.6 is 0 Å². The highest BCUT2D eigenvalue weighted by molar-refractivity contribution is 6.19. The lowest BCUT2D eigenvalue weighted by Crippen LogP contribution is -2.08. The fraction of sp³-hybridized carbons (Fsp3) is 0.318. The summed E-state index contributed by atoms with van der Waals surface area (Å²) >= 11 is 0. The van der Waals surface area contributed by atoms with Crippen molar-refractivity contribution in [2.75, 3.05) is 25.0 Å². The molecule has 0 amide bonds. The number of unbranched alkanes of at least 4 members (excludes halogenated alkanes) is 1. The molecule has 0 spiro atoms. The van der Waals surface area contributed by atoms with Gasteiger partial charge in [0.05, 0.1) is 17.1 Å². The molecule has 0 aliphatic carbocycles. The number of non-ortho nitro benzene ring substituents is 1. The predicted molar refractivity (Wildman–Crippen MR) is 115 cm³/mol. The van der Waals surface area contributed by atoms with Crippen LogP contribution in [0.4, 0.5) is 11.6 Å². The molecule has 1 aromatic heterocycles. The first-order valence-electron chi connectivity index (χ1n) is 9.97. The highest BCUT2D eigenvalue weighted by Crippen LogP contribution is 2.34. The minimum atomic E-state index is -0.488. The van der Waals surface area contributed by atoms with Crippen LogP contribution in [0.25, 0.3) is 11.0 Å². The Balaban J connectivity index is 1.96. The zero-order chi connectivity index (χ0) is 21.5. The molecule has 8 nitrogen and oxygen atoms in total. The van der Waals surface area contributed by atoms with Gasteiger partial charge in [0.2, 0.25) is 5.88 Å². The van der Waals surface area contributed by atoms with E-state index in [-0.39, 0.29) is 11.5 Å². The number of hydrogen-bond donors (Lipinski definition) is 2. The maximum absolute atomic E-state index is 13.3. The maximum atomic E-state index is 13.3. The molecule has 0 radical (unpaired) electrons. The van der Waals surface area contributed by atoms with E-state index in [1.807, 2.05) is 0 Å². The van der Waals surface area contributed by atoms with Crippen LogP contribution in [0.2, 0.25) is 0 Å². The minimum Gasteiger partial charge on any atom is -0.494 e. The number of fused-ring (bicyclic) bond motifs is 1. The van der Waals surface area contributed by atoms with E-state index in [1.165, 1.54) is 18.2 Å². The third kappa shape index (κ3) is 4.77. The molecule has 1 heterocycles. The SMILES string of the molecule is CCCCNc1oc2ccc([N+](=O)[O-])cc2c1C(=O)c1ccc(OCCCN)cc1. The Morgan fingerprint density at radius 2 is 1.97 bits per heavy atom. The molecule has 0 bridgehead atoms. The highest BCUT2D eigenvalue weighted by Gasteiger charge is 2.24. The van der Waals surface area contributed by atoms with E-state index in [1.54, 1.807) is 24.3 Å². The maximum Gasteiger partial charge on any atom is 0.270 e. The van der Waals surface area contributed by atoms with Crippen LogP contribution in [0.3, 0.4) is 0 Å². The van der Waals surface area contributed by atoms with Crippen LogP contribution in [0.15, 0.2) is 46.9 Å². The van der Waals surface area contributed by atoms with E-state index < -0.39 is 4.92 Å². The normalized spacial score (nSPS) is 10.9. The largest absolute Gasteiger partial charge is 0.494 e. The van der Waals surface area contributed by atoms with Crippen molar-refractivity contribution >= 4 is 28.3 Å². The molecule has 0 unspecified atom stereocenters. The van der Waals surface area contributed by atoms with Crippen molar-refractivity contribution in [3.05, 3.63) is 63.7 Å². The first-order chi connectivity index (χ1) is 14.5. The Hall–Kier alpha value is -3.39. The van der Waals surface area contributed by atoms with E-state index in [0.29, 0.717) is 53.4 Å². The van der Waals surface area contributed by atoms with Crippen molar-refractivity contribution in [1.82, 2.24) is 0 Å². The van der Waals surface area contributed by atoms with Crippen LogP contribution in [0, 0.1) is 10.1 Å². The van der Waals surface area contributed by atoms with Crippen molar-refractivity contribution in [2.45, 2.75) is 26.2 Å². The number of nitrogens with two attached hydrogens (primary N) is 1. The molecular weight excluding hydrogens is 386 g/mol. The van der Waals surface area contributed by atoms with Gasteiger partial charge in [0.15, 0.2) is 5.78 Å². The van der Waals surface area contributed by atoms with Gasteiger partial charge in [0, 0.05) is 29.6 Å². The van der Waals surface area contributed by atoms with Crippen molar-refractivity contribution in [3.63, 3.8) is 0 Å². The van der Waals surface area contributed by atoms with Crippen LogP contribution in [-0.4, -0.2) is 30.4 Å².